The van der Waals surface area contributed by atoms with Crippen molar-refractivity contribution < 1.29 is 14.4 Å². The molecular weight excluding hydrogens is 444 g/mol. The largest absolute Gasteiger partial charge is 0.353 e. The monoisotopic (exact) mass is 478 g/mol. The number of likely N-dealkylation sites (N-methyl/N-ethyl adjacent to an activating group) is 1. The molecular formula is C26H34N6O3. The van der Waals surface area contributed by atoms with E-state index >= 15 is 0 Å². The average molecular weight is 479 g/mol. The van der Waals surface area contributed by atoms with E-state index in [2.05, 4.69) is 27.4 Å². The normalized spacial score (nSPS) is 16.7. The van der Waals surface area contributed by atoms with Crippen LogP contribution in [0.1, 0.15) is 12.5 Å². The molecule has 0 unspecified atom stereocenters. The molecule has 2 N–H and O–H groups in total. The molecule has 4 rings (SSSR count). The maximum atomic E-state index is 13.0. The van der Waals surface area contributed by atoms with Gasteiger partial charge in [0, 0.05) is 45.8 Å². The third-order valence-corrected chi connectivity index (χ3v) is 6.55. The molecule has 2 aliphatic heterocycles. The van der Waals surface area contributed by atoms with Crippen LogP contribution in [0.4, 0.5) is 16.2 Å². The Morgan fingerprint density at radius 2 is 1.51 bits per heavy atom. The summed E-state index contributed by atoms with van der Waals surface area (Å²) in [7, 11) is 0. The molecule has 0 saturated carbocycles. The quantitative estimate of drug-likeness (QED) is 0.601. The molecule has 2 aliphatic rings. The van der Waals surface area contributed by atoms with Crippen LogP contribution in [-0.4, -0.2) is 86.5 Å². The van der Waals surface area contributed by atoms with Crippen molar-refractivity contribution in [2.45, 2.75) is 13.5 Å². The zero-order valence-corrected chi connectivity index (χ0v) is 20.3. The lowest BCUT2D eigenvalue weighted by atomic mass is 10.1. The summed E-state index contributed by atoms with van der Waals surface area (Å²) < 4.78 is 0. The summed E-state index contributed by atoms with van der Waals surface area (Å²) in [5, 5.41) is 5.83. The summed E-state index contributed by atoms with van der Waals surface area (Å²) in [6.07, 6.45) is 0. The molecule has 2 aromatic carbocycles. The van der Waals surface area contributed by atoms with Gasteiger partial charge in [-0.2, -0.15) is 0 Å². The Bertz CT molecular complexity index is 1020. The number of rotatable bonds is 8. The van der Waals surface area contributed by atoms with Crippen LogP contribution in [0.2, 0.25) is 0 Å². The number of carbonyl (C=O) groups is 3. The predicted molar refractivity (Wildman–Crippen MR) is 136 cm³/mol. The van der Waals surface area contributed by atoms with Gasteiger partial charge in [-0.15, -0.1) is 0 Å². The smallest absolute Gasteiger partial charge is 0.322 e. The third kappa shape index (κ3) is 6.37. The number of fused-ring (bicyclic) bond motifs is 1. The molecule has 2 aromatic rings. The highest BCUT2D eigenvalue weighted by Gasteiger charge is 2.33. The summed E-state index contributed by atoms with van der Waals surface area (Å²) >= 11 is 0. The lowest BCUT2D eigenvalue weighted by Crippen LogP contribution is -2.53. The minimum atomic E-state index is -0.345. The van der Waals surface area contributed by atoms with Crippen molar-refractivity contribution in [3.63, 3.8) is 0 Å². The summed E-state index contributed by atoms with van der Waals surface area (Å²) in [6, 6.07) is 16.5. The van der Waals surface area contributed by atoms with Crippen LogP contribution in [-0.2, 0) is 16.1 Å². The van der Waals surface area contributed by atoms with Crippen LogP contribution in [0.25, 0.3) is 0 Å². The van der Waals surface area contributed by atoms with E-state index in [1.807, 2.05) is 36.4 Å². The fourth-order valence-corrected chi connectivity index (χ4v) is 4.47. The minimum Gasteiger partial charge on any atom is -0.353 e. The standard InChI is InChI=1S/C26H34N6O3/c1-2-29-14-16-30(17-15-29)13-12-27-24(33)19-31-22-10-6-7-11-23(22)32(20-25(31)34)26(35)28-18-21-8-4-3-5-9-21/h3-11H,2,12-20H2,1H3,(H,27,33)(H,28,35). The summed E-state index contributed by atoms with van der Waals surface area (Å²) in [5.74, 6) is -0.494. The highest BCUT2D eigenvalue weighted by molar-refractivity contribution is 6.12. The number of carbonyl (C=O) groups excluding carboxylic acids is 3. The Labute approximate surface area is 206 Å². The molecule has 0 spiro atoms. The number of urea groups is 1. The molecule has 0 aliphatic carbocycles. The van der Waals surface area contributed by atoms with Crippen LogP contribution in [0.5, 0.6) is 0 Å². The molecule has 2 heterocycles. The molecule has 9 heteroatoms. The van der Waals surface area contributed by atoms with Crippen molar-refractivity contribution in [1.29, 1.82) is 0 Å². The van der Waals surface area contributed by atoms with Gasteiger partial charge in [-0.1, -0.05) is 49.4 Å². The topological polar surface area (TPSA) is 88.2 Å². The highest BCUT2D eigenvalue weighted by Crippen LogP contribution is 2.33. The fraction of sp³-hybridized carbons (Fsp3) is 0.423. The molecule has 1 fully saturated rings. The summed E-state index contributed by atoms with van der Waals surface area (Å²) in [4.78, 5) is 46.2. The van der Waals surface area contributed by atoms with Crippen LogP contribution < -0.4 is 20.4 Å². The van der Waals surface area contributed by atoms with Gasteiger partial charge < -0.3 is 15.5 Å². The van der Waals surface area contributed by atoms with Gasteiger partial charge >= 0.3 is 6.03 Å². The maximum absolute atomic E-state index is 13.0. The molecule has 4 amide bonds. The first-order chi connectivity index (χ1) is 17.0. The molecule has 9 nitrogen and oxygen atoms in total. The molecule has 0 aromatic heterocycles. The Hall–Kier alpha value is -3.43. The number of benzene rings is 2. The Kier molecular flexibility index (Phi) is 8.33. The minimum absolute atomic E-state index is 0.0705. The molecule has 0 atom stereocenters. The van der Waals surface area contributed by atoms with Gasteiger partial charge in [-0.05, 0) is 24.2 Å². The van der Waals surface area contributed by atoms with Gasteiger partial charge in [0.15, 0.2) is 0 Å². The molecule has 186 valence electrons. The number of nitrogens with one attached hydrogen (secondary N) is 2. The van der Waals surface area contributed by atoms with Crippen molar-refractivity contribution in [3.05, 3.63) is 60.2 Å². The van der Waals surface area contributed by atoms with E-state index in [-0.39, 0.29) is 30.9 Å². The highest BCUT2D eigenvalue weighted by atomic mass is 16.2. The van der Waals surface area contributed by atoms with E-state index in [1.165, 1.54) is 9.80 Å². The Morgan fingerprint density at radius 1 is 0.857 bits per heavy atom. The molecule has 0 bridgehead atoms. The second kappa shape index (κ2) is 11.8. The third-order valence-electron chi connectivity index (χ3n) is 6.55. The van der Waals surface area contributed by atoms with E-state index in [0.29, 0.717) is 24.5 Å². The van der Waals surface area contributed by atoms with Crippen molar-refractivity contribution in [2.75, 3.05) is 68.7 Å². The predicted octanol–water partition coefficient (Wildman–Crippen LogP) is 1.50. The van der Waals surface area contributed by atoms with Gasteiger partial charge in [0.1, 0.15) is 13.1 Å². The van der Waals surface area contributed by atoms with Crippen molar-refractivity contribution >= 4 is 29.2 Å². The van der Waals surface area contributed by atoms with Gasteiger partial charge in [0.05, 0.1) is 11.4 Å². The van der Waals surface area contributed by atoms with Crippen molar-refractivity contribution in [1.82, 2.24) is 20.4 Å². The van der Waals surface area contributed by atoms with Crippen LogP contribution >= 0.6 is 0 Å². The van der Waals surface area contributed by atoms with E-state index < -0.39 is 0 Å². The fourth-order valence-electron chi connectivity index (χ4n) is 4.47. The SMILES string of the molecule is CCN1CCN(CCNC(=O)CN2C(=O)CN(C(=O)NCc3ccccc3)c3ccccc32)CC1. The summed E-state index contributed by atoms with van der Waals surface area (Å²) in [5.41, 5.74) is 2.15. The lowest BCUT2D eigenvalue weighted by molar-refractivity contribution is -0.123. The summed E-state index contributed by atoms with van der Waals surface area (Å²) in [6.45, 7) is 8.88. The Balaban J connectivity index is 1.32. The van der Waals surface area contributed by atoms with Gasteiger partial charge in [0.25, 0.3) is 0 Å². The van der Waals surface area contributed by atoms with Crippen LogP contribution in [0.3, 0.4) is 0 Å². The van der Waals surface area contributed by atoms with Gasteiger partial charge in [-0.3, -0.25) is 24.3 Å². The van der Waals surface area contributed by atoms with E-state index in [1.54, 1.807) is 18.2 Å². The number of hydrogen-bond acceptors (Lipinski definition) is 5. The maximum Gasteiger partial charge on any atom is 0.322 e. The first-order valence-corrected chi connectivity index (χ1v) is 12.2. The second-order valence-electron chi connectivity index (χ2n) is 8.82. The van der Waals surface area contributed by atoms with E-state index in [9.17, 15) is 14.4 Å². The second-order valence-corrected chi connectivity index (χ2v) is 8.82. The number of piperazine rings is 1. The molecule has 0 radical (unpaired) electrons. The number of hydrogen-bond donors (Lipinski definition) is 2. The number of para-hydroxylation sites is 2. The number of amides is 4. The van der Waals surface area contributed by atoms with E-state index in [4.69, 9.17) is 0 Å². The van der Waals surface area contributed by atoms with E-state index in [0.717, 1.165) is 44.8 Å². The van der Waals surface area contributed by atoms with Crippen LogP contribution in [0.15, 0.2) is 54.6 Å². The van der Waals surface area contributed by atoms with Gasteiger partial charge in [-0.25, -0.2) is 4.79 Å². The molecule has 1 saturated heterocycles. The zero-order chi connectivity index (χ0) is 24.6. The first kappa shape index (κ1) is 24.7. The molecule has 35 heavy (non-hydrogen) atoms. The van der Waals surface area contributed by atoms with Crippen molar-refractivity contribution in [2.24, 2.45) is 0 Å². The average Bonchev–Trinajstić information content (AvgIpc) is 2.89. The Morgan fingerprint density at radius 3 is 2.23 bits per heavy atom. The van der Waals surface area contributed by atoms with Crippen LogP contribution in [0, 0.1) is 0 Å². The number of anilines is 2. The first-order valence-electron chi connectivity index (χ1n) is 12.2. The lowest BCUT2D eigenvalue weighted by Gasteiger charge is -2.36. The van der Waals surface area contributed by atoms with Crippen molar-refractivity contribution in [3.8, 4) is 0 Å². The van der Waals surface area contributed by atoms with Gasteiger partial charge in [0.2, 0.25) is 11.8 Å². The number of nitrogens with zero attached hydrogens (tertiary/aromatic N) is 4. The zero-order valence-electron chi connectivity index (χ0n) is 20.3.